The van der Waals surface area contributed by atoms with Gasteiger partial charge < -0.3 is 5.32 Å². The zero-order chi connectivity index (χ0) is 9.10. The van der Waals surface area contributed by atoms with Gasteiger partial charge in [0.1, 0.15) is 0 Å². The monoisotopic (exact) mass is 177 g/mol. The second-order valence-electron chi connectivity index (χ2n) is 3.48. The molecule has 0 amide bonds. The molecule has 3 nitrogen and oxygen atoms in total. The number of hydrogen-bond donors (Lipinski definition) is 1. The second-order valence-corrected chi connectivity index (χ2v) is 3.48. The lowest BCUT2D eigenvalue weighted by molar-refractivity contribution is 0.709. The van der Waals surface area contributed by atoms with Crippen LogP contribution in [0.2, 0.25) is 0 Å². The molecular formula is C10H15N3. The molecular weight excluding hydrogens is 162 g/mol. The standard InChI is InChI=1S/C10H15N3/c1-11-10-12-7-8-5-3-2-4-6-9(8)13-10/h7H,2-6H2,1H3,(H,11,12,13). The van der Waals surface area contributed by atoms with Crippen molar-refractivity contribution in [3.63, 3.8) is 0 Å². The zero-order valence-corrected chi connectivity index (χ0v) is 8.01. The van der Waals surface area contributed by atoms with Crippen molar-refractivity contribution in [3.05, 3.63) is 17.5 Å². The first-order valence-electron chi connectivity index (χ1n) is 4.92. The molecule has 2 rings (SSSR count). The average Bonchev–Trinajstić information content (AvgIpc) is 2.41. The van der Waals surface area contributed by atoms with Gasteiger partial charge >= 0.3 is 0 Å². The maximum atomic E-state index is 4.47. The fourth-order valence-electron chi connectivity index (χ4n) is 1.77. The highest BCUT2D eigenvalue weighted by Crippen LogP contribution is 2.18. The van der Waals surface area contributed by atoms with Gasteiger partial charge in [0.2, 0.25) is 5.95 Å². The Balaban J connectivity index is 2.32. The zero-order valence-electron chi connectivity index (χ0n) is 8.01. The van der Waals surface area contributed by atoms with Gasteiger partial charge in [-0.1, -0.05) is 6.42 Å². The largest absolute Gasteiger partial charge is 0.357 e. The van der Waals surface area contributed by atoms with E-state index in [1.165, 1.54) is 30.5 Å². The molecule has 0 fully saturated rings. The predicted molar refractivity (Wildman–Crippen MR) is 52.8 cm³/mol. The van der Waals surface area contributed by atoms with Crippen LogP contribution in [0.15, 0.2) is 6.20 Å². The number of hydrogen-bond acceptors (Lipinski definition) is 3. The van der Waals surface area contributed by atoms with Crippen molar-refractivity contribution in [2.45, 2.75) is 32.1 Å². The number of nitrogens with zero attached hydrogens (tertiary/aromatic N) is 2. The lowest BCUT2D eigenvalue weighted by Gasteiger charge is -2.05. The van der Waals surface area contributed by atoms with E-state index < -0.39 is 0 Å². The minimum atomic E-state index is 0.751. The fourth-order valence-corrected chi connectivity index (χ4v) is 1.77. The molecule has 1 aliphatic carbocycles. The molecule has 1 heterocycles. The summed E-state index contributed by atoms with van der Waals surface area (Å²) in [7, 11) is 1.86. The first-order valence-corrected chi connectivity index (χ1v) is 4.92. The van der Waals surface area contributed by atoms with Crippen LogP contribution in [0.25, 0.3) is 0 Å². The predicted octanol–water partition coefficient (Wildman–Crippen LogP) is 1.79. The molecule has 1 aliphatic rings. The average molecular weight is 177 g/mol. The summed E-state index contributed by atoms with van der Waals surface area (Å²) in [4.78, 5) is 8.70. The summed E-state index contributed by atoms with van der Waals surface area (Å²) in [6.07, 6.45) is 8.12. The lowest BCUT2D eigenvalue weighted by Crippen LogP contribution is -2.02. The molecule has 0 aromatic carbocycles. The van der Waals surface area contributed by atoms with E-state index in [1.54, 1.807) is 0 Å². The molecule has 0 unspecified atom stereocenters. The Morgan fingerprint density at radius 2 is 2.08 bits per heavy atom. The van der Waals surface area contributed by atoms with E-state index in [-0.39, 0.29) is 0 Å². The minimum Gasteiger partial charge on any atom is -0.357 e. The number of nitrogens with one attached hydrogen (secondary N) is 1. The van der Waals surface area contributed by atoms with Crippen molar-refractivity contribution in [3.8, 4) is 0 Å². The van der Waals surface area contributed by atoms with E-state index in [0.717, 1.165) is 18.8 Å². The van der Waals surface area contributed by atoms with Crippen LogP contribution in [0.1, 0.15) is 30.5 Å². The molecule has 70 valence electrons. The topological polar surface area (TPSA) is 37.8 Å². The Kier molecular flexibility index (Phi) is 2.43. The maximum absolute atomic E-state index is 4.47. The summed E-state index contributed by atoms with van der Waals surface area (Å²) < 4.78 is 0. The molecule has 0 radical (unpaired) electrons. The molecule has 0 aliphatic heterocycles. The second kappa shape index (κ2) is 3.73. The van der Waals surface area contributed by atoms with Crippen molar-refractivity contribution in [1.29, 1.82) is 0 Å². The Morgan fingerprint density at radius 1 is 1.23 bits per heavy atom. The van der Waals surface area contributed by atoms with E-state index in [9.17, 15) is 0 Å². The van der Waals surface area contributed by atoms with Crippen LogP contribution in [0.4, 0.5) is 5.95 Å². The van der Waals surface area contributed by atoms with E-state index in [1.807, 2.05) is 13.2 Å². The molecule has 3 heteroatoms. The maximum Gasteiger partial charge on any atom is 0.222 e. The molecule has 13 heavy (non-hydrogen) atoms. The number of aromatic nitrogens is 2. The first kappa shape index (κ1) is 8.48. The third-order valence-electron chi connectivity index (χ3n) is 2.54. The summed E-state index contributed by atoms with van der Waals surface area (Å²) in [6, 6.07) is 0. The smallest absolute Gasteiger partial charge is 0.222 e. The van der Waals surface area contributed by atoms with Crippen molar-refractivity contribution in [2.75, 3.05) is 12.4 Å². The van der Waals surface area contributed by atoms with E-state index >= 15 is 0 Å². The van der Waals surface area contributed by atoms with Crippen LogP contribution in [0.5, 0.6) is 0 Å². The highest BCUT2D eigenvalue weighted by atomic mass is 15.1. The highest BCUT2D eigenvalue weighted by Gasteiger charge is 2.09. The van der Waals surface area contributed by atoms with Crippen LogP contribution in [0, 0.1) is 0 Å². The molecule has 1 N–H and O–H groups in total. The fraction of sp³-hybridized carbons (Fsp3) is 0.600. The summed E-state index contributed by atoms with van der Waals surface area (Å²) in [5, 5.41) is 2.98. The third-order valence-corrected chi connectivity index (χ3v) is 2.54. The SMILES string of the molecule is CNc1ncc2c(n1)CCCCC2. The van der Waals surface area contributed by atoms with Crippen LogP contribution in [0.3, 0.4) is 0 Å². The van der Waals surface area contributed by atoms with Crippen molar-refractivity contribution in [1.82, 2.24) is 9.97 Å². The molecule has 1 aromatic heterocycles. The van der Waals surface area contributed by atoms with Gasteiger partial charge in [0.25, 0.3) is 0 Å². The summed E-state index contributed by atoms with van der Waals surface area (Å²) in [6.45, 7) is 0. The van der Waals surface area contributed by atoms with Gasteiger partial charge in [-0.3, -0.25) is 0 Å². The molecule has 0 saturated carbocycles. The summed E-state index contributed by atoms with van der Waals surface area (Å²) >= 11 is 0. The molecule has 0 spiro atoms. The Morgan fingerprint density at radius 3 is 2.92 bits per heavy atom. The first-order chi connectivity index (χ1) is 6.40. The number of anilines is 1. The third kappa shape index (κ3) is 1.79. The van der Waals surface area contributed by atoms with Crippen molar-refractivity contribution < 1.29 is 0 Å². The van der Waals surface area contributed by atoms with E-state index in [0.29, 0.717) is 0 Å². The van der Waals surface area contributed by atoms with E-state index in [2.05, 4.69) is 15.3 Å². The van der Waals surface area contributed by atoms with Gasteiger partial charge in [0, 0.05) is 18.9 Å². The van der Waals surface area contributed by atoms with Gasteiger partial charge in [-0.25, -0.2) is 9.97 Å². The van der Waals surface area contributed by atoms with Gasteiger partial charge in [-0.05, 0) is 31.2 Å². The molecule has 0 saturated heterocycles. The number of fused-ring (bicyclic) bond motifs is 1. The normalized spacial score (nSPS) is 16.1. The summed E-state index contributed by atoms with van der Waals surface area (Å²) in [5.41, 5.74) is 2.59. The van der Waals surface area contributed by atoms with Gasteiger partial charge in [0.05, 0.1) is 0 Å². The highest BCUT2D eigenvalue weighted by molar-refractivity contribution is 5.29. The van der Waals surface area contributed by atoms with Crippen molar-refractivity contribution in [2.24, 2.45) is 0 Å². The quantitative estimate of drug-likeness (QED) is 0.664. The van der Waals surface area contributed by atoms with Crippen LogP contribution in [-0.4, -0.2) is 17.0 Å². The lowest BCUT2D eigenvalue weighted by atomic mass is 10.1. The Hall–Kier alpha value is -1.12. The van der Waals surface area contributed by atoms with Crippen molar-refractivity contribution >= 4 is 5.95 Å². The summed E-state index contributed by atoms with van der Waals surface area (Å²) in [5.74, 6) is 0.751. The minimum absolute atomic E-state index is 0.751. The van der Waals surface area contributed by atoms with Gasteiger partial charge in [-0.15, -0.1) is 0 Å². The number of rotatable bonds is 1. The number of aryl methyl sites for hydroxylation is 2. The van der Waals surface area contributed by atoms with Gasteiger partial charge in [0.15, 0.2) is 0 Å². The Bertz CT molecular complexity index is 296. The van der Waals surface area contributed by atoms with Crippen LogP contribution in [-0.2, 0) is 12.8 Å². The van der Waals surface area contributed by atoms with Gasteiger partial charge in [-0.2, -0.15) is 0 Å². The molecule has 1 aromatic rings. The Labute approximate surface area is 78.6 Å². The van der Waals surface area contributed by atoms with Crippen LogP contribution >= 0.6 is 0 Å². The molecule has 0 bridgehead atoms. The molecule has 0 atom stereocenters. The van der Waals surface area contributed by atoms with E-state index in [4.69, 9.17) is 0 Å². The van der Waals surface area contributed by atoms with Crippen LogP contribution < -0.4 is 5.32 Å².